The Morgan fingerprint density at radius 1 is 1.14 bits per heavy atom. The Morgan fingerprint density at radius 3 is 2.55 bits per heavy atom. The minimum absolute atomic E-state index is 0.0278. The lowest BCUT2D eigenvalue weighted by Gasteiger charge is -2.25. The van der Waals surface area contributed by atoms with Crippen LogP contribution in [-0.2, 0) is 19.1 Å². The highest BCUT2D eigenvalue weighted by atomic mass is 19.1. The van der Waals surface area contributed by atoms with Gasteiger partial charge in [0.15, 0.2) is 18.1 Å². The summed E-state index contributed by atoms with van der Waals surface area (Å²) in [6.07, 6.45) is -0.982. The lowest BCUT2D eigenvalue weighted by atomic mass is 10.2. The molecule has 0 bridgehead atoms. The van der Waals surface area contributed by atoms with E-state index in [2.05, 4.69) is 5.32 Å². The van der Waals surface area contributed by atoms with Crippen molar-refractivity contribution in [3.05, 3.63) is 54.3 Å². The number of halogens is 1. The fourth-order valence-corrected chi connectivity index (χ4v) is 2.51. The number of rotatable bonds is 6. The molecule has 1 heterocycles. The van der Waals surface area contributed by atoms with Crippen LogP contribution in [0.5, 0.6) is 11.5 Å². The zero-order chi connectivity index (χ0) is 20.8. The highest BCUT2D eigenvalue weighted by Gasteiger charge is 2.29. The van der Waals surface area contributed by atoms with E-state index in [0.29, 0.717) is 17.2 Å². The van der Waals surface area contributed by atoms with Crippen LogP contribution in [0.3, 0.4) is 0 Å². The molecule has 1 aliphatic heterocycles. The highest BCUT2D eigenvalue weighted by molar-refractivity contribution is 5.94. The number of amides is 2. The predicted molar refractivity (Wildman–Crippen MR) is 100.0 cm³/mol. The zero-order valence-electron chi connectivity index (χ0n) is 15.6. The van der Waals surface area contributed by atoms with Crippen molar-refractivity contribution in [1.82, 2.24) is 4.90 Å². The molecule has 0 radical (unpaired) electrons. The van der Waals surface area contributed by atoms with Crippen LogP contribution in [0.15, 0.2) is 48.5 Å². The molecule has 1 aliphatic rings. The van der Waals surface area contributed by atoms with Crippen LogP contribution in [-0.4, -0.2) is 55.6 Å². The predicted octanol–water partition coefficient (Wildman–Crippen LogP) is 1.61. The molecule has 0 aliphatic carbocycles. The largest absolute Gasteiger partial charge is 0.485 e. The van der Waals surface area contributed by atoms with Crippen molar-refractivity contribution in [2.45, 2.75) is 6.10 Å². The second kappa shape index (κ2) is 9.05. The zero-order valence-corrected chi connectivity index (χ0v) is 15.6. The third kappa shape index (κ3) is 5.44. The molecule has 0 unspecified atom stereocenters. The van der Waals surface area contributed by atoms with E-state index >= 15 is 0 Å². The summed E-state index contributed by atoms with van der Waals surface area (Å²) in [5.41, 5.74) is 0.401. The Bertz CT molecular complexity index is 902. The maximum Gasteiger partial charge on any atom is 0.351 e. The summed E-state index contributed by atoms with van der Waals surface area (Å²) in [6, 6.07) is 12.1. The number of hydrogen-bond donors (Lipinski definition) is 1. The molecular formula is C20H19FN2O6. The van der Waals surface area contributed by atoms with Gasteiger partial charge in [0.25, 0.3) is 5.91 Å². The van der Waals surface area contributed by atoms with Gasteiger partial charge in [-0.05, 0) is 36.4 Å². The van der Waals surface area contributed by atoms with Crippen LogP contribution < -0.4 is 14.8 Å². The summed E-state index contributed by atoms with van der Waals surface area (Å²) in [5.74, 6) is -1.25. The molecule has 0 spiro atoms. The topological polar surface area (TPSA) is 94.2 Å². The molecule has 29 heavy (non-hydrogen) atoms. The van der Waals surface area contributed by atoms with Gasteiger partial charge < -0.3 is 24.4 Å². The molecule has 2 aromatic rings. The van der Waals surface area contributed by atoms with Gasteiger partial charge in [-0.3, -0.25) is 9.59 Å². The summed E-state index contributed by atoms with van der Waals surface area (Å²) in [5, 5.41) is 2.54. The van der Waals surface area contributed by atoms with Crippen LogP contribution in [0, 0.1) is 5.82 Å². The van der Waals surface area contributed by atoms with Crippen molar-refractivity contribution >= 4 is 23.5 Å². The third-order valence-electron chi connectivity index (χ3n) is 4.04. The Hall–Kier alpha value is -3.62. The molecule has 2 aromatic carbocycles. The molecular weight excluding hydrogens is 383 g/mol. The Morgan fingerprint density at radius 2 is 1.83 bits per heavy atom. The molecule has 1 atom stereocenters. The number of hydrogen-bond acceptors (Lipinski definition) is 6. The first-order valence-electron chi connectivity index (χ1n) is 8.77. The Kier molecular flexibility index (Phi) is 6.28. The molecule has 8 nitrogen and oxygen atoms in total. The van der Waals surface area contributed by atoms with Gasteiger partial charge in [-0.2, -0.15) is 0 Å². The summed E-state index contributed by atoms with van der Waals surface area (Å²) in [4.78, 5) is 37.3. The van der Waals surface area contributed by atoms with Gasteiger partial charge in [-0.25, -0.2) is 9.18 Å². The van der Waals surface area contributed by atoms with Gasteiger partial charge in [0.2, 0.25) is 12.0 Å². The van der Waals surface area contributed by atoms with E-state index in [4.69, 9.17) is 14.2 Å². The second-order valence-corrected chi connectivity index (χ2v) is 6.28. The maximum absolute atomic E-state index is 12.9. The molecule has 1 N–H and O–H groups in total. The van der Waals surface area contributed by atoms with E-state index in [-0.39, 0.29) is 13.2 Å². The number of para-hydroxylation sites is 2. The summed E-state index contributed by atoms with van der Waals surface area (Å²) < 4.78 is 28.8. The van der Waals surface area contributed by atoms with E-state index in [1.807, 2.05) is 0 Å². The first kappa shape index (κ1) is 20.1. The molecule has 0 saturated carbocycles. The van der Waals surface area contributed by atoms with Gasteiger partial charge in [-0.1, -0.05) is 12.1 Å². The van der Waals surface area contributed by atoms with Gasteiger partial charge in [-0.15, -0.1) is 0 Å². The van der Waals surface area contributed by atoms with E-state index in [1.165, 1.54) is 31.3 Å². The van der Waals surface area contributed by atoms with Crippen LogP contribution in [0.4, 0.5) is 10.1 Å². The Balaban J connectivity index is 1.43. The van der Waals surface area contributed by atoms with Crippen LogP contribution >= 0.6 is 0 Å². The number of fused-ring (bicyclic) bond motifs is 1. The number of carbonyl (C=O) groups excluding carboxylic acids is 3. The number of anilines is 1. The number of ether oxygens (including phenoxy) is 3. The second-order valence-electron chi connectivity index (χ2n) is 6.28. The molecule has 152 valence electrons. The van der Waals surface area contributed by atoms with Crippen LogP contribution in [0.2, 0.25) is 0 Å². The number of benzene rings is 2. The van der Waals surface area contributed by atoms with Crippen molar-refractivity contribution in [2.24, 2.45) is 0 Å². The number of esters is 1. The number of nitrogens with one attached hydrogen (secondary N) is 1. The smallest absolute Gasteiger partial charge is 0.351 e. The van der Waals surface area contributed by atoms with Gasteiger partial charge in [0.1, 0.15) is 12.4 Å². The number of nitrogens with zero attached hydrogens (tertiary/aromatic N) is 1. The first-order valence-corrected chi connectivity index (χ1v) is 8.77. The highest BCUT2D eigenvalue weighted by Crippen LogP contribution is 2.31. The van der Waals surface area contributed by atoms with Crippen LogP contribution in [0.1, 0.15) is 0 Å². The van der Waals surface area contributed by atoms with Crippen LogP contribution in [0.25, 0.3) is 0 Å². The monoisotopic (exact) mass is 402 g/mol. The number of carbonyl (C=O) groups is 3. The standard InChI is InChI=1S/C20H19FN2O6/c1-23(10-18(24)22-14-8-6-13(21)7-9-14)19(25)12-28-20(26)17-11-27-15-4-2-3-5-16(15)29-17/h2-9,17H,10-12H2,1H3,(H,22,24)/t17-/m1/s1. The number of likely N-dealkylation sites (N-methyl/N-ethyl adjacent to an activating group) is 1. The summed E-state index contributed by atoms with van der Waals surface area (Å²) in [7, 11) is 1.40. The van der Waals surface area contributed by atoms with Gasteiger partial charge in [0.05, 0.1) is 6.54 Å². The van der Waals surface area contributed by atoms with E-state index in [9.17, 15) is 18.8 Å². The quantitative estimate of drug-likeness (QED) is 0.738. The van der Waals surface area contributed by atoms with Gasteiger partial charge in [0, 0.05) is 12.7 Å². The third-order valence-corrected chi connectivity index (χ3v) is 4.04. The van der Waals surface area contributed by atoms with Crippen molar-refractivity contribution in [3.8, 4) is 11.5 Å². The molecule has 0 aromatic heterocycles. The van der Waals surface area contributed by atoms with Gasteiger partial charge >= 0.3 is 5.97 Å². The first-order chi connectivity index (χ1) is 13.9. The van der Waals surface area contributed by atoms with E-state index in [0.717, 1.165) is 4.90 Å². The van der Waals surface area contributed by atoms with E-state index in [1.54, 1.807) is 24.3 Å². The van der Waals surface area contributed by atoms with Crippen molar-refractivity contribution in [1.29, 1.82) is 0 Å². The average Bonchev–Trinajstić information content (AvgIpc) is 2.72. The molecule has 0 saturated heterocycles. The molecule has 2 amide bonds. The minimum Gasteiger partial charge on any atom is -0.485 e. The maximum atomic E-state index is 12.9. The minimum atomic E-state index is -0.982. The summed E-state index contributed by atoms with van der Waals surface area (Å²) >= 11 is 0. The summed E-state index contributed by atoms with van der Waals surface area (Å²) in [6.45, 7) is -0.829. The average molecular weight is 402 g/mol. The van der Waals surface area contributed by atoms with Crippen molar-refractivity contribution in [3.63, 3.8) is 0 Å². The normalized spacial score (nSPS) is 14.6. The fraction of sp³-hybridized carbons (Fsp3) is 0.250. The molecule has 0 fully saturated rings. The Labute approximate surface area is 166 Å². The van der Waals surface area contributed by atoms with Crippen molar-refractivity contribution < 1.29 is 33.0 Å². The lowest BCUT2D eigenvalue weighted by molar-refractivity contribution is -0.159. The lowest BCUT2D eigenvalue weighted by Crippen LogP contribution is -2.41. The fourth-order valence-electron chi connectivity index (χ4n) is 2.51. The van der Waals surface area contributed by atoms with E-state index < -0.39 is 36.3 Å². The van der Waals surface area contributed by atoms with Crippen molar-refractivity contribution in [2.75, 3.05) is 32.1 Å². The SMILES string of the molecule is CN(CC(=O)Nc1ccc(F)cc1)C(=O)COC(=O)[C@H]1COc2ccccc2O1. The molecule has 9 heteroatoms. The molecule has 3 rings (SSSR count).